The largest absolute Gasteiger partial charge is 0.245 e. The van der Waals surface area contributed by atoms with Crippen molar-refractivity contribution in [3.8, 4) is 0 Å². The van der Waals surface area contributed by atoms with Crippen LogP contribution in [-0.4, -0.2) is 19.8 Å². The summed E-state index contributed by atoms with van der Waals surface area (Å²) in [6.45, 7) is 0. The molecule has 0 spiro atoms. The number of nitrogens with zero attached hydrogens (tertiary/aromatic N) is 1. The monoisotopic (exact) mass is 435 g/mol. The fourth-order valence-corrected chi connectivity index (χ4v) is 5.71. The van der Waals surface area contributed by atoms with E-state index in [0.29, 0.717) is 4.90 Å². The molecule has 0 atom stereocenters. The highest BCUT2D eigenvalue weighted by Crippen LogP contribution is 2.52. The Bertz CT molecular complexity index is 484. The molecule has 1 aromatic rings. The molecule has 1 aromatic carbocycles. The molecule has 0 saturated carbocycles. The minimum Gasteiger partial charge on any atom is -0.207 e. The third-order valence-corrected chi connectivity index (χ3v) is 7.42. The number of benzene rings is 1. The highest BCUT2D eigenvalue weighted by Gasteiger charge is 2.48. The van der Waals surface area contributed by atoms with Crippen LogP contribution in [-0.2, 0) is 11.6 Å². The summed E-state index contributed by atoms with van der Waals surface area (Å²) in [6, 6.07) is 7.12. The van der Waals surface area contributed by atoms with Crippen molar-refractivity contribution in [1.29, 1.82) is 0 Å². The van der Waals surface area contributed by atoms with Gasteiger partial charge in [-0.2, -0.15) is 4.31 Å². The van der Waals surface area contributed by atoms with Crippen molar-refractivity contribution in [3.05, 3.63) is 29.8 Å². The Morgan fingerprint density at radius 2 is 1.86 bits per heavy atom. The Labute approximate surface area is 110 Å². The Morgan fingerprint density at radius 3 is 2.43 bits per heavy atom. The minimum atomic E-state index is -3.27. The van der Waals surface area contributed by atoms with Gasteiger partial charge >= 0.3 is 0 Å². The summed E-state index contributed by atoms with van der Waals surface area (Å²) >= 11 is 4.28. The smallest absolute Gasteiger partial charge is 0.207 e. The van der Waals surface area contributed by atoms with E-state index in [1.165, 1.54) is 4.31 Å². The van der Waals surface area contributed by atoms with Crippen molar-refractivity contribution in [2.24, 2.45) is 0 Å². The third-order valence-electron chi connectivity index (χ3n) is 2.25. The van der Waals surface area contributed by atoms with Crippen LogP contribution < -0.4 is 0 Å². The molecule has 0 aromatic heterocycles. The maximum Gasteiger partial charge on any atom is 0.245 e. The van der Waals surface area contributed by atoms with E-state index in [0.717, 1.165) is 5.56 Å². The number of hydrogen-bond donors (Lipinski definition) is 0. The van der Waals surface area contributed by atoms with E-state index in [1.807, 2.05) is 12.1 Å². The number of halogens is 2. The summed E-state index contributed by atoms with van der Waals surface area (Å²) < 4.78 is 24.7. The molecule has 0 bridgehead atoms. The molecule has 0 N–H and O–H groups in total. The van der Waals surface area contributed by atoms with Gasteiger partial charge in [-0.1, -0.05) is 18.2 Å². The van der Waals surface area contributed by atoms with Gasteiger partial charge in [0, 0.05) is 12.6 Å². The van der Waals surface area contributed by atoms with Gasteiger partial charge in [-0.15, -0.1) is 0 Å². The van der Waals surface area contributed by atoms with Crippen molar-refractivity contribution in [2.45, 2.75) is 6.45 Å². The molecule has 3 nitrogen and oxygen atoms in total. The van der Waals surface area contributed by atoms with Crippen molar-refractivity contribution < 1.29 is 8.42 Å². The average Bonchev–Trinajstić information content (AvgIpc) is 2.28. The fourth-order valence-electron chi connectivity index (χ4n) is 1.41. The Morgan fingerprint density at radius 1 is 1.29 bits per heavy atom. The van der Waals surface area contributed by atoms with E-state index < -0.39 is 11.6 Å². The molecule has 1 heterocycles. The summed E-state index contributed by atoms with van der Waals surface area (Å²) in [7, 11) is -1.67. The normalized spacial score (nSPS) is 23.4. The fraction of sp³-hybridized carbons (Fsp3) is 0.250. The molecular formula is C8H7I2NO2S. The van der Waals surface area contributed by atoms with Crippen LogP contribution in [0.4, 0.5) is 0 Å². The third kappa shape index (κ3) is 1.34. The van der Waals surface area contributed by atoms with Crippen molar-refractivity contribution in [2.75, 3.05) is 7.05 Å². The lowest BCUT2D eigenvalue weighted by molar-refractivity contribution is 0.481. The molecule has 0 unspecified atom stereocenters. The first-order chi connectivity index (χ1) is 6.38. The molecule has 6 heteroatoms. The zero-order valence-corrected chi connectivity index (χ0v) is 12.4. The summed E-state index contributed by atoms with van der Waals surface area (Å²) in [6.07, 6.45) is 0. The van der Waals surface area contributed by atoms with Gasteiger partial charge in [0.25, 0.3) is 0 Å². The van der Waals surface area contributed by atoms with E-state index in [2.05, 4.69) is 45.2 Å². The second-order valence-electron chi connectivity index (χ2n) is 3.01. The van der Waals surface area contributed by atoms with Crippen molar-refractivity contribution in [3.63, 3.8) is 0 Å². The van der Waals surface area contributed by atoms with Crippen LogP contribution in [0.5, 0.6) is 0 Å². The molecule has 1 aliphatic heterocycles. The summed E-state index contributed by atoms with van der Waals surface area (Å²) in [5.74, 6) is 0. The van der Waals surface area contributed by atoms with Crippen LogP contribution >= 0.6 is 45.2 Å². The second kappa shape index (κ2) is 3.29. The molecule has 0 aliphatic carbocycles. The van der Waals surface area contributed by atoms with Crippen LogP contribution in [0, 0.1) is 0 Å². The van der Waals surface area contributed by atoms with E-state index in [4.69, 9.17) is 0 Å². The van der Waals surface area contributed by atoms with E-state index in [1.54, 1.807) is 19.2 Å². The van der Waals surface area contributed by atoms with Crippen LogP contribution in [0.3, 0.4) is 0 Å². The van der Waals surface area contributed by atoms with Gasteiger partial charge in [0.05, 0.1) is 4.90 Å². The van der Waals surface area contributed by atoms with Crippen molar-refractivity contribution in [1.82, 2.24) is 4.31 Å². The molecule has 0 fully saturated rings. The van der Waals surface area contributed by atoms with Crippen molar-refractivity contribution >= 4 is 55.2 Å². The van der Waals surface area contributed by atoms with Gasteiger partial charge in [0.2, 0.25) is 10.0 Å². The molecule has 14 heavy (non-hydrogen) atoms. The van der Waals surface area contributed by atoms with Crippen LogP contribution in [0.1, 0.15) is 5.56 Å². The minimum absolute atomic E-state index is 0.423. The van der Waals surface area contributed by atoms with Crippen LogP contribution in [0.25, 0.3) is 0 Å². The number of fused-ring (bicyclic) bond motifs is 1. The van der Waals surface area contributed by atoms with Gasteiger partial charge in [0.1, 0.15) is 0 Å². The molecule has 1 aliphatic rings. The maximum absolute atomic E-state index is 11.9. The lowest BCUT2D eigenvalue weighted by atomic mass is 10.2. The maximum atomic E-state index is 11.9. The highest BCUT2D eigenvalue weighted by molar-refractivity contribution is 14.2. The number of sulfonamides is 1. The highest BCUT2D eigenvalue weighted by atomic mass is 127. The first kappa shape index (κ1) is 11.1. The summed E-state index contributed by atoms with van der Waals surface area (Å²) in [5, 5.41) is 0. The molecule has 0 radical (unpaired) electrons. The van der Waals surface area contributed by atoms with Gasteiger partial charge in [-0.3, -0.25) is 0 Å². The van der Waals surface area contributed by atoms with E-state index in [-0.39, 0.29) is 0 Å². The first-order valence-corrected chi connectivity index (χ1v) is 7.44. The van der Waals surface area contributed by atoms with Gasteiger partial charge in [0.15, 0.2) is 1.55 Å². The molecule has 0 saturated heterocycles. The quantitative estimate of drug-likeness (QED) is 0.357. The topological polar surface area (TPSA) is 37.4 Å². The van der Waals surface area contributed by atoms with E-state index >= 15 is 0 Å². The van der Waals surface area contributed by atoms with Gasteiger partial charge in [-0.05, 0) is 51.2 Å². The molecular weight excluding hydrogens is 428 g/mol. The second-order valence-corrected chi connectivity index (χ2v) is 10.1. The SMILES string of the molecule is CN1C(I)(I)c2ccccc2S1(=O)=O. The lowest BCUT2D eigenvalue weighted by Crippen LogP contribution is -2.30. The molecule has 0 amide bonds. The number of alkyl halides is 2. The zero-order valence-electron chi connectivity index (χ0n) is 7.24. The lowest BCUT2D eigenvalue weighted by Gasteiger charge is -2.21. The Hall–Kier alpha value is 0.590. The first-order valence-electron chi connectivity index (χ1n) is 3.85. The standard InChI is InChI=1S/C8H7I2NO2S/c1-11-8(9,10)6-4-2-3-5-7(6)14(11,12)13/h2-5H,1H3. The van der Waals surface area contributed by atoms with Crippen LogP contribution in [0.15, 0.2) is 29.2 Å². The van der Waals surface area contributed by atoms with Gasteiger partial charge < -0.3 is 0 Å². The predicted octanol–water partition coefficient (Wildman–Crippen LogP) is 2.30. The molecule has 76 valence electrons. The number of hydrogen-bond acceptors (Lipinski definition) is 2. The van der Waals surface area contributed by atoms with Crippen LogP contribution in [0.2, 0.25) is 0 Å². The molecule has 2 rings (SSSR count). The predicted molar refractivity (Wildman–Crippen MR) is 71.1 cm³/mol. The number of rotatable bonds is 0. The van der Waals surface area contributed by atoms with Gasteiger partial charge in [-0.25, -0.2) is 8.42 Å². The van der Waals surface area contributed by atoms with E-state index in [9.17, 15) is 8.42 Å². The zero-order chi connectivity index (χ0) is 10.6. The summed E-state index contributed by atoms with van der Waals surface area (Å²) in [4.78, 5) is 0.423. The summed E-state index contributed by atoms with van der Waals surface area (Å²) in [5.41, 5.74) is 0.851. The Balaban J connectivity index is 2.83. The average molecular weight is 435 g/mol. The Kier molecular flexibility index (Phi) is 2.60.